The van der Waals surface area contributed by atoms with Gasteiger partial charge in [-0.2, -0.15) is 0 Å². The van der Waals surface area contributed by atoms with Gasteiger partial charge in [-0.15, -0.1) is 0 Å². The molecule has 3 aromatic rings. The number of nitrogens with zero attached hydrogens (tertiary/aromatic N) is 2. The van der Waals surface area contributed by atoms with E-state index in [-0.39, 0.29) is 17.2 Å². The third-order valence-corrected chi connectivity index (χ3v) is 5.39. The molecule has 4 rings (SSSR count). The Hall–Kier alpha value is -4.40. The Balaban J connectivity index is 1.86. The number of esters is 1. The van der Waals surface area contributed by atoms with Gasteiger partial charge in [-0.25, -0.2) is 4.79 Å². The van der Waals surface area contributed by atoms with E-state index in [0.29, 0.717) is 34.8 Å². The molecule has 0 aliphatic carbocycles. The fourth-order valence-corrected chi connectivity index (χ4v) is 3.80. The highest BCUT2D eigenvalue weighted by molar-refractivity contribution is 6.51. The van der Waals surface area contributed by atoms with Crippen molar-refractivity contribution >= 4 is 29.2 Å². The zero-order valence-corrected chi connectivity index (χ0v) is 18.8. The lowest BCUT2D eigenvalue weighted by Gasteiger charge is -2.23. The molecule has 1 amide bonds. The Morgan fingerprint density at radius 2 is 1.74 bits per heavy atom. The minimum absolute atomic E-state index is 0.111. The lowest BCUT2D eigenvalue weighted by atomic mass is 9.94. The summed E-state index contributed by atoms with van der Waals surface area (Å²) in [4.78, 5) is 39.2. The Morgan fingerprint density at radius 3 is 2.29 bits per heavy atom. The number of Topliss-reactive ketones (excluding diaryl/α,β-unsaturated/α-hetero) is 1. The molecule has 0 saturated carbocycles. The Bertz CT molecular complexity index is 1270. The number of aryl methyl sites for hydroxylation is 1. The molecular formula is C25H22N2O7. The van der Waals surface area contributed by atoms with E-state index in [1.165, 1.54) is 30.2 Å². The van der Waals surface area contributed by atoms with Gasteiger partial charge in [0, 0.05) is 11.6 Å². The van der Waals surface area contributed by atoms with Crippen molar-refractivity contribution in [2.24, 2.45) is 0 Å². The number of carbonyl (C=O) groups excluding carboxylic acids is 3. The number of aliphatic hydroxyl groups is 1. The van der Waals surface area contributed by atoms with Crippen molar-refractivity contribution in [2.75, 3.05) is 18.6 Å². The molecule has 1 saturated heterocycles. The summed E-state index contributed by atoms with van der Waals surface area (Å²) in [7, 11) is 1.27. The van der Waals surface area contributed by atoms with E-state index >= 15 is 0 Å². The molecule has 2 aromatic carbocycles. The van der Waals surface area contributed by atoms with Gasteiger partial charge in [-0.1, -0.05) is 17.3 Å². The van der Waals surface area contributed by atoms with E-state index in [4.69, 9.17) is 14.0 Å². The molecule has 0 spiro atoms. The second-order valence-corrected chi connectivity index (χ2v) is 7.54. The quantitative estimate of drug-likeness (QED) is 0.254. The molecule has 174 valence electrons. The van der Waals surface area contributed by atoms with Gasteiger partial charge in [0.15, 0.2) is 5.82 Å². The average Bonchev–Trinajstić information content (AvgIpc) is 3.39. The van der Waals surface area contributed by atoms with Crippen LogP contribution in [0.4, 0.5) is 5.82 Å². The van der Waals surface area contributed by atoms with Crippen LogP contribution < -0.4 is 9.64 Å². The van der Waals surface area contributed by atoms with Crippen LogP contribution in [0.3, 0.4) is 0 Å². The molecule has 1 N–H and O–H groups in total. The molecule has 1 unspecified atom stereocenters. The molecule has 1 atom stereocenters. The number of amides is 1. The van der Waals surface area contributed by atoms with Gasteiger partial charge in [0.25, 0.3) is 5.78 Å². The molecule has 9 heteroatoms. The Morgan fingerprint density at radius 1 is 1.09 bits per heavy atom. The van der Waals surface area contributed by atoms with Gasteiger partial charge in [0.2, 0.25) is 0 Å². The first kappa shape index (κ1) is 22.8. The molecule has 0 bridgehead atoms. The Kier molecular flexibility index (Phi) is 6.18. The van der Waals surface area contributed by atoms with Crippen molar-refractivity contribution in [3.05, 3.63) is 82.6 Å². The predicted molar refractivity (Wildman–Crippen MR) is 121 cm³/mol. The second kappa shape index (κ2) is 9.22. The number of benzene rings is 2. The summed E-state index contributed by atoms with van der Waals surface area (Å²) in [5.41, 5.74) is 1.02. The van der Waals surface area contributed by atoms with E-state index in [1.54, 1.807) is 43.3 Å². The smallest absolute Gasteiger partial charge is 0.337 e. The summed E-state index contributed by atoms with van der Waals surface area (Å²) in [6.45, 7) is 3.99. The lowest BCUT2D eigenvalue weighted by Crippen LogP contribution is -2.29. The molecule has 1 aliphatic rings. The van der Waals surface area contributed by atoms with Gasteiger partial charge in [0.05, 0.1) is 30.9 Å². The van der Waals surface area contributed by atoms with Gasteiger partial charge in [-0.05, 0) is 55.8 Å². The minimum atomic E-state index is -0.997. The number of anilines is 1. The lowest BCUT2D eigenvalue weighted by molar-refractivity contribution is -0.132. The van der Waals surface area contributed by atoms with Crippen LogP contribution >= 0.6 is 0 Å². The SMILES string of the molecule is CCOc1ccc(C(O)=C2C(=O)C(=O)N(c3cc(C)on3)C2c2ccc(C(=O)OC)cc2)cc1. The summed E-state index contributed by atoms with van der Waals surface area (Å²) >= 11 is 0. The third-order valence-electron chi connectivity index (χ3n) is 5.39. The summed E-state index contributed by atoms with van der Waals surface area (Å²) in [5, 5.41) is 15.0. The highest BCUT2D eigenvalue weighted by atomic mass is 16.5. The summed E-state index contributed by atoms with van der Waals surface area (Å²) in [5.74, 6) is -1.41. The fourth-order valence-electron chi connectivity index (χ4n) is 3.80. The van der Waals surface area contributed by atoms with Crippen molar-refractivity contribution in [3.63, 3.8) is 0 Å². The number of aromatic nitrogens is 1. The number of methoxy groups -OCH3 is 1. The molecule has 2 heterocycles. The molecule has 34 heavy (non-hydrogen) atoms. The van der Waals surface area contributed by atoms with Crippen molar-refractivity contribution in [1.82, 2.24) is 5.16 Å². The van der Waals surface area contributed by atoms with Gasteiger partial charge < -0.3 is 19.1 Å². The number of carbonyl (C=O) groups is 3. The van der Waals surface area contributed by atoms with Crippen molar-refractivity contribution < 1.29 is 33.5 Å². The molecule has 1 aliphatic heterocycles. The zero-order chi connectivity index (χ0) is 24.4. The molecule has 1 aromatic heterocycles. The third kappa shape index (κ3) is 4.03. The number of rotatable bonds is 6. The van der Waals surface area contributed by atoms with E-state index in [0.717, 1.165) is 0 Å². The monoisotopic (exact) mass is 462 g/mol. The van der Waals surface area contributed by atoms with Crippen LogP contribution in [-0.4, -0.2) is 41.6 Å². The summed E-state index contributed by atoms with van der Waals surface area (Å²) in [6, 6.07) is 13.3. The summed E-state index contributed by atoms with van der Waals surface area (Å²) < 4.78 is 15.3. The number of ether oxygens (including phenoxy) is 2. The van der Waals surface area contributed by atoms with Crippen LogP contribution in [0.5, 0.6) is 5.75 Å². The van der Waals surface area contributed by atoms with E-state index in [2.05, 4.69) is 5.16 Å². The standard InChI is InChI=1S/C25H22N2O7/c1-4-33-18-11-9-16(10-12-18)22(28)20-21(15-5-7-17(8-6-15)25(31)32-3)27(24(30)23(20)29)19-13-14(2)34-26-19/h5-13,21,28H,4H2,1-3H3. The molecular weight excluding hydrogens is 440 g/mol. The van der Waals surface area contributed by atoms with E-state index < -0.39 is 23.7 Å². The van der Waals surface area contributed by atoms with Gasteiger partial charge in [0.1, 0.15) is 17.3 Å². The maximum Gasteiger partial charge on any atom is 0.337 e. The summed E-state index contributed by atoms with van der Waals surface area (Å²) in [6.07, 6.45) is 0. The highest BCUT2D eigenvalue weighted by Gasteiger charge is 2.48. The van der Waals surface area contributed by atoms with Gasteiger partial charge in [-0.3, -0.25) is 14.5 Å². The molecule has 9 nitrogen and oxygen atoms in total. The van der Waals surface area contributed by atoms with Crippen molar-refractivity contribution in [3.8, 4) is 5.75 Å². The molecule has 0 radical (unpaired) electrons. The number of aliphatic hydroxyl groups excluding tert-OH is 1. The van der Waals surface area contributed by atoms with Crippen LogP contribution in [0.15, 0.2) is 64.7 Å². The first-order valence-electron chi connectivity index (χ1n) is 10.5. The Labute approximate surface area is 195 Å². The maximum absolute atomic E-state index is 13.1. The van der Waals surface area contributed by atoms with E-state index in [1.807, 2.05) is 6.92 Å². The van der Waals surface area contributed by atoms with Crippen LogP contribution in [0, 0.1) is 6.92 Å². The van der Waals surface area contributed by atoms with E-state index in [9.17, 15) is 19.5 Å². The van der Waals surface area contributed by atoms with Crippen LogP contribution in [-0.2, 0) is 14.3 Å². The topological polar surface area (TPSA) is 119 Å². The van der Waals surface area contributed by atoms with Crippen LogP contribution in [0.25, 0.3) is 5.76 Å². The number of hydrogen-bond donors (Lipinski definition) is 1. The van der Waals surface area contributed by atoms with Crippen LogP contribution in [0.1, 0.15) is 40.2 Å². The van der Waals surface area contributed by atoms with Gasteiger partial charge >= 0.3 is 11.9 Å². The molecule has 1 fully saturated rings. The maximum atomic E-state index is 13.1. The number of ketones is 1. The minimum Gasteiger partial charge on any atom is -0.507 e. The average molecular weight is 462 g/mol. The first-order valence-corrected chi connectivity index (χ1v) is 10.5. The zero-order valence-electron chi connectivity index (χ0n) is 18.8. The highest BCUT2D eigenvalue weighted by Crippen LogP contribution is 2.42. The normalized spacial score (nSPS) is 17.1. The predicted octanol–water partition coefficient (Wildman–Crippen LogP) is 3.79. The largest absolute Gasteiger partial charge is 0.507 e. The van der Waals surface area contributed by atoms with Crippen molar-refractivity contribution in [1.29, 1.82) is 0 Å². The van der Waals surface area contributed by atoms with Crippen molar-refractivity contribution in [2.45, 2.75) is 19.9 Å². The number of hydrogen-bond acceptors (Lipinski definition) is 8. The fraction of sp³-hybridized carbons (Fsp3) is 0.200. The second-order valence-electron chi connectivity index (χ2n) is 7.54. The van der Waals surface area contributed by atoms with Crippen LogP contribution in [0.2, 0.25) is 0 Å². The first-order chi connectivity index (χ1) is 16.3.